The molecule has 1 aromatic heterocycles. The van der Waals surface area contributed by atoms with Gasteiger partial charge in [0, 0.05) is 22.1 Å². The van der Waals surface area contributed by atoms with E-state index in [1.807, 2.05) is 13.0 Å². The van der Waals surface area contributed by atoms with Gasteiger partial charge in [-0.15, -0.1) is 0 Å². The summed E-state index contributed by atoms with van der Waals surface area (Å²) in [7, 11) is 0. The van der Waals surface area contributed by atoms with Crippen LogP contribution in [0.4, 0.5) is 5.69 Å². The van der Waals surface area contributed by atoms with E-state index >= 15 is 0 Å². The van der Waals surface area contributed by atoms with E-state index in [0.29, 0.717) is 27.7 Å². The van der Waals surface area contributed by atoms with Crippen LogP contribution >= 0.6 is 11.6 Å². The lowest BCUT2D eigenvalue weighted by Crippen LogP contribution is -2.13. The second-order valence-corrected chi connectivity index (χ2v) is 7.05. The highest BCUT2D eigenvalue weighted by atomic mass is 35.5. The number of halogens is 1. The van der Waals surface area contributed by atoms with Crippen molar-refractivity contribution >= 4 is 35.2 Å². The zero-order valence-corrected chi connectivity index (χ0v) is 17.1. The average Bonchev–Trinajstić information content (AvgIpc) is 2.98. The molecule has 0 aliphatic carbocycles. The first-order chi connectivity index (χ1) is 14.3. The largest absolute Gasteiger partial charge is 0.478 e. The summed E-state index contributed by atoms with van der Waals surface area (Å²) in [5.41, 5.74) is 3.21. The van der Waals surface area contributed by atoms with Crippen molar-refractivity contribution in [1.82, 2.24) is 4.57 Å². The molecule has 0 bridgehead atoms. The third kappa shape index (κ3) is 4.27. The van der Waals surface area contributed by atoms with E-state index in [9.17, 15) is 20.0 Å². The molecule has 2 aromatic carbocycles. The van der Waals surface area contributed by atoms with Crippen LogP contribution in [0.5, 0.6) is 0 Å². The van der Waals surface area contributed by atoms with Crippen LogP contribution in [0.25, 0.3) is 11.8 Å². The molecule has 0 atom stereocenters. The van der Waals surface area contributed by atoms with Gasteiger partial charge in [0.05, 0.1) is 11.3 Å². The predicted octanol–water partition coefficient (Wildman–Crippen LogP) is 4.99. The number of hydrogen-bond acceptors (Lipinski definition) is 3. The Labute approximate surface area is 178 Å². The van der Waals surface area contributed by atoms with Crippen molar-refractivity contribution in [3.05, 3.63) is 87.7 Å². The average molecular weight is 420 g/mol. The monoisotopic (exact) mass is 419 g/mol. The number of para-hydroxylation sites is 1. The fourth-order valence-corrected chi connectivity index (χ4v) is 3.41. The van der Waals surface area contributed by atoms with Crippen molar-refractivity contribution < 1.29 is 14.7 Å². The Kier molecular flexibility index (Phi) is 6.05. The number of nitrogens with one attached hydrogen (secondary N) is 1. The first-order valence-corrected chi connectivity index (χ1v) is 9.40. The van der Waals surface area contributed by atoms with Gasteiger partial charge in [0.2, 0.25) is 0 Å². The Balaban J connectivity index is 1.99. The molecule has 0 saturated heterocycles. The third-order valence-electron chi connectivity index (χ3n) is 4.59. The number of anilines is 1. The van der Waals surface area contributed by atoms with Gasteiger partial charge in [-0.3, -0.25) is 4.79 Å². The molecule has 0 aliphatic rings. The number of carboxylic acid groups (broad SMARTS) is 1. The predicted molar refractivity (Wildman–Crippen MR) is 116 cm³/mol. The van der Waals surface area contributed by atoms with Crippen LogP contribution < -0.4 is 5.32 Å². The highest BCUT2D eigenvalue weighted by Gasteiger charge is 2.17. The van der Waals surface area contributed by atoms with Crippen molar-refractivity contribution in [2.45, 2.75) is 13.8 Å². The van der Waals surface area contributed by atoms with Gasteiger partial charge in [-0.25, -0.2) is 4.79 Å². The standard InChI is InChI=1S/C23H18ClN3O3/c1-14-10-16(15(2)27(14)21-9-4-3-8-20(21)23(29)30)11-17(13-25)22(28)26-19-7-5-6-18(24)12-19/h3-12H,1-2H3,(H,26,28)(H,29,30)/b17-11-. The highest BCUT2D eigenvalue weighted by Crippen LogP contribution is 2.25. The molecule has 150 valence electrons. The third-order valence-corrected chi connectivity index (χ3v) is 4.83. The molecule has 0 aliphatic heterocycles. The number of amides is 1. The second-order valence-electron chi connectivity index (χ2n) is 6.62. The number of carbonyl (C=O) groups is 2. The fraction of sp³-hybridized carbons (Fsp3) is 0.0870. The van der Waals surface area contributed by atoms with Crippen molar-refractivity contribution in [3.8, 4) is 11.8 Å². The minimum atomic E-state index is -1.03. The lowest BCUT2D eigenvalue weighted by molar-refractivity contribution is -0.112. The summed E-state index contributed by atoms with van der Waals surface area (Å²) in [5.74, 6) is -1.59. The Morgan fingerprint density at radius 1 is 1.13 bits per heavy atom. The van der Waals surface area contributed by atoms with Gasteiger partial charge >= 0.3 is 5.97 Å². The fourth-order valence-electron chi connectivity index (χ4n) is 3.22. The van der Waals surface area contributed by atoms with Crippen molar-refractivity contribution in [2.24, 2.45) is 0 Å². The first kappa shape index (κ1) is 20.9. The van der Waals surface area contributed by atoms with E-state index in [4.69, 9.17) is 11.6 Å². The van der Waals surface area contributed by atoms with Gasteiger partial charge in [-0.1, -0.05) is 29.8 Å². The number of carboxylic acids is 1. The minimum absolute atomic E-state index is 0.0817. The molecule has 1 amide bonds. The van der Waals surface area contributed by atoms with Gasteiger partial charge in [-0.2, -0.15) is 5.26 Å². The molecule has 3 rings (SSSR count). The summed E-state index contributed by atoms with van der Waals surface area (Å²) < 4.78 is 1.79. The van der Waals surface area contributed by atoms with Crippen LogP contribution in [0, 0.1) is 25.2 Å². The number of rotatable bonds is 5. The number of nitrogens with zero attached hydrogens (tertiary/aromatic N) is 2. The van der Waals surface area contributed by atoms with Gasteiger partial charge in [0.1, 0.15) is 11.6 Å². The van der Waals surface area contributed by atoms with Gasteiger partial charge in [-0.05, 0) is 61.9 Å². The molecule has 1 heterocycles. The maximum Gasteiger partial charge on any atom is 0.337 e. The van der Waals surface area contributed by atoms with Crippen LogP contribution in [0.15, 0.2) is 60.2 Å². The molecule has 0 radical (unpaired) electrons. The Morgan fingerprint density at radius 3 is 2.53 bits per heavy atom. The van der Waals surface area contributed by atoms with Crippen molar-refractivity contribution in [2.75, 3.05) is 5.32 Å². The SMILES string of the molecule is Cc1cc(/C=C(/C#N)C(=O)Nc2cccc(Cl)c2)c(C)n1-c1ccccc1C(=O)O. The Morgan fingerprint density at radius 2 is 1.87 bits per heavy atom. The quantitative estimate of drug-likeness (QED) is 0.449. The molecule has 2 N–H and O–H groups in total. The number of aromatic carboxylic acids is 1. The zero-order chi connectivity index (χ0) is 21.8. The maximum absolute atomic E-state index is 12.5. The number of aryl methyl sites for hydroxylation is 1. The molecule has 0 unspecified atom stereocenters. The van der Waals surface area contributed by atoms with E-state index < -0.39 is 11.9 Å². The Hall–Kier alpha value is -3.82. The lowest BCUT2D eigenvalue weighted by atomic mass is 10.1. The van der Waals surface area contributed by atoms with Crippen molar-refractivity contribution in [1.29, 1.82) is 5.26 Å². The summed E-state index contributed by atoms with van der Waals surface area (Å²) >= 11 is 5.93. The number of carbonyl (C=O) groups excluding carboxylic acids is 1. The minimum Gasteiger partial charge on any atom is -0.478 e. The lowest BCUT2D eigenvalue weighted by Gasteiger charge is -2.12. The molecule has 6 nitrogen and oxygen atoms in total. The van der Waals surface area contributed by atoms with Gasteiger partial charge in [0.25, 0.3) is 5.91 Å². The van der Waals surface area contributed by atoms with E-state index in [1.54, 1.807) is 60.0 Å². The van der Waals surface area contributed by atoms with E-state index in [0.717, 1.165) is 5.69 Å². The first-order valence-electron chi connectivity index (χ1n) is 9.02. The smallest absolute Gasteiger partial charge is 0.337 e. The number of benzene rings is 2. The second kappa shape index (κ2) is 8.68. The van der Waals surface area contributed by atoms with Crippen LogP contribution in [0.1, 0.15) is 27.3 Å². The summed E-state index contributed by atoms with van der Waals surface area (Å²) in [6, 6.07) is 17.0. The Bertz CT molecular complexity index is 1220. The van der Waals surface area contributed by atoms with Gasteiger partial charge < -0.3 is 15.0 Å². The van der Waals surface area contributed by atoms with Crippen LogP contribution in [-0.2, 0) is 4.79 Å². The zero-order valence-electron chi connectivity index (χ0n) is 16.3. The summed E-state index contributed by atoms with van der Waals surface area (Å²) in [5, 5.41) is 22.1. The number of nitriles is 1. The van der Waals surface area contributed by atoms with Crippen molar-refractivity contribution in [3.63, 3.8) is 0 Å². The maximum atomic E-state index is 12.5. The van der Waals surface area contributed by atoms with E-state index in [-0.39, 0.29) is 11.1 Å². The number of hydrogen-bond donors (Lipinski definition) is 2. The van der Waals surface area contributed by atoms with Gasteiger partial charge in [0.15, 0.2) is 0 Å². The number of aromatic nitrogens is 1. The molecule has 7 heteroatoms. The topological polar surface area (TPSA) is 95.1 Å². The van der Waals surface area contributed by atoms with Crippen LogP contribution in [-0.4, -0.2) is 21.6 Å². The van der Waals surface area contributed by atoms with Crippen LogP contribution in [0.2, 0.25) is 5.02 Å². The molecular formula is C23H18ClN3O3. The molecular weight excluding hydrogens is 402 g/mol. The summed E-state index contributed by atoms with van der Waals surface area (Å²) in [6.07, 6.45) is 1.49. The molecule has 0 spiro atoms. The summed E-state index contributed by atoms with van der Waals surface area (Å²) in [4.78, 5) is 24.2. The van der Waals surface area contributed by atoms with Crippen LogP contribution in [0.3, 0.4) is 0 Å². The normalized spacial score (nSPS) is 11.1. The molecule has 30 heavy (non-hydrogen) atoms. The van der Waals surface area contributed by atoms with E-state index in [1.165, 1.54) is 12.1 Å². The highest BCUT2D eigenvalue weighted by molar-refractivity contribution is 6.31. The molecule has 3 aromatic rings. The molecule has 0 saturated carbocycles. The van der Waals surface area contributed by atoms with E-state index in [2.05, 4.69) is 5.32 Å². The molecule has 0 fully saturated rings. The summed E-state index contributed by atoms with van der Waals surface area (Å²) in [6.45, 7) is 3.64.